The van der Waals surface area contributed by atoms with Crippen LogP contribution in [0, 0.1) is 24.3 Å². The molecule has 9 rings (SSSR count). The van der Waals surface area contributed by atoms with Crippen molar-refractivity contribution in [2.75, 3.05) is 55.6 Å². The molecule has 3 atom stereocenters. The van der Waals surface area contributed by atoms with E-state index < -0.39 is 23.8 Å². The number of ether oxygens (including phenoxy) is 1. The van der Waals surface area contributed by atoms with Gasteiger partial charge in [0.05, 0.1) is 23.4 Å². The molecule has 4 aromatic rings. The highest BCUT2D eigenvalue weighted by molar-refractivity contribution is 6.31. The number of hydrogen-bond donors (Lipinski definition) is 1. The molecule has 5 aliphatic heterocycles. The maximum Gasteiger partial charge on any atom is 0.262 e. The van der Waals surface area contributed by atoms with Gasteiger partial charge in [0.15, 0.2) is 5.69 Å². The number of nitrogens with one attached hydrogen (secondary N) is 1. The third-order valence-electron chi connectivity index (χ3n) is 12.5. The molecule has 6 heterocycles. The van der Waals surface area contributed by atoms with Crippen molar-refractivity contribution >= 4 is 52.6 Å². The summed E-state index contributed by atoms with van der Waals surface area (Å²) >= 11 is 6.31. The van der Waals surface area contributed by atoms with E-state index in [0.29, 0.717) is 46.2 Å². The van der Waals surface area contributed by atoms with Gasteiger partial charge in [-0.1, -0.05) is 43.6 Å². The second-order valence-electron chi connectivity index (χ2n) is 16.7. The Labute approximate surface area is 341 Å². The van der Waals surface area contributed by atoms with Crippen molar-refractivity contribution in [2.45, 2.75) is 44.8 Å². The van der Waals surface area contributed by atoms with Crippen molar-refractivity contribution in [3.8, 4) is 5.75 Å². The Kier molecular flexibility index (Phi) is 9.65. The summed E-state index contributed by atoms with van der Waals surface area (Å²) in [6.45, 7) is 18.6. The fourth-order valence-corrected chi connectivity index (χ4v) is 9.46. The Bertz CT molecular complexity index is 2360. The predicted molar refractivity (Wildman–Crippen MR) is 217 cm³/mol. The maximum atomic E-state index is 13.3. The minimum absolute atomic E-state index is 0.0954. The van der Waals surface area contributed by atoms with Gasteiger partial charge in [-0.05, 0) is 77.9 Å². The summed E-state index contributed by atoms with van der Waals surface area (Å²) in [5.74, 6) is 1.13. The molecule has 0 saturated carbocycles. The van der Waals surface area contributed by atoms with Crippen LogP contribution in [-0.4, -0.2) is 95.3 Å². The lowest BCUT2D eigenvalue weighted by Gasteiger charge is -2.43. The summed E-state index contributed by atoms with van der Waals surface area (Å²) in [7, 11) is 0. The van der Waals surface area contributed by atoms with Gasteiger partial charge in [-0.15, -0.1) is 0 Å². The number of aromatic nitrogens is 2. The van der Waals surface area contributed by atoms with Gasteiger partial charge in [-0.3, -0.25) is 29.4 Å². The van der Waals surface area contributed by atoms with E-state index in [2.05, 4.69) is 55.8 Å². The van der Waals surface area contributed by atoms with E-state index in [1.165, 1.54) is 0 Å². The maximum absolute atomic E-state index is 13.3. The third kappa shape index (κ3) is 7.05. The molecule has 0 bridgehead atoms. The summed E-state index contributed by atoms with van der Waals surface area (Å²) in [4.78, 5) is 71.6. The number of imide groups is 2. The van der Waals surface area contributed by atoms with E-state index in [-0.39, 0.29) is 24.2 Å². The molecule has 0 radical (unpaired) electrons. The van der Waals surface area contributed by atoms with Crippen LogP contribution in [0.2, 0.25) is 5.02 Å². The molecule has 13 nitrogen and oxygen atoms in total. The van der Waals surface area contributed by atoms with Crippen LogP contribution >= 0.6 is 11.6 Å². The number of carbonyl (C=O) groups is 4. The van der Waals surface area contributed by atoms with E-state index in [0.717, 1.165) is 84.9 Å². The molecule has 0 aliphatic carbocycles. The van der Waals surface area contributed by atoms with Gasteiger partial charge in [-0.25, -0.2) is 14.8 Å². The van der Waals surface area contributed by atoms with E-state index in [1.54, 1.807) is 24.4 Å². The highest BCUT2D eigenvalue weighted by Gasteiger charge is 2.46. The monoisotopic (exact) mass is 798 g/mol. The summed E-state index contributed by atoms with van der Waals surface area (Å²) in [6, 6.07) is 19.8. The molecule has 4 amide bonds. The number of benzene rings is 3. The molecule has 4 saturated heterocycles. The Balaban J connectivity index is 0.741. The lowest BCUT2D eigenvalue weighted by Crippen LogP contribution is -2.54. The van der Waals surface area contributed by atoms with Crippen molar-refractivity contribution in [3.63, 3.8) is 0 Å². The summed E-state index contributed by atoms with van der Waals surface area (Å²) in [5.41, 5.74) is 4.57. The van der Waals surface area contributed by atoms with Crippen molar-refractivity contribution in [1.29, 1.82) is 0 Å². The molecule has 1 N–H and O–H groups in total. The number of halogens is 1. The Morgan fingerprint density at radius 1 is 0.862 bits per heavy atom. The van der Waals surface area contributed by atoms with E-state index in [4.69, 9.17) is 27.9 Å². The van der Waals surface area contributed by atoms with Gasteiger partial charge in [0.1, 0.15) is 18.4 Å². The number of hydrogen-bond acceptors (Lipinski definition) is 10. The number of anilines is 2. The zero-order chi connectivity index (χ0) is 40.3. The number of likely N-dealkylation sites (tertiary alicyclic amines) is 1. The van der Waals surface area contributed by atoms with Crippen LogP contribution in [0.1, 0.15) is 64.2 Å². The lowest BCUT2D eigenvalue weighted by atomic mass is 9.78. The minimum Gasteiger partial charge on any atom is -0.487 e. The molecule has 5 aliphatic rings. The van der Waals surface area contributed by atoms with Crippen molar-refractivity contribution in [3.05, 3.63) is 117 Å². The molecule has 296 valence electrons. The Morgan fingerprint density at radius 3 is 2.33 bits per heavy atom. The van der Waals surface area contributed by atoms with Crippen molar-refractivity contribution in [1.82, 2.24) is 25.1 Å². The molecular weight excluding hydrogens is 756 g/mol. The Morgan fingerprint density at radius 2 is 1.60 bits per heavy atom. The van der Waals surface area contributed by atoms with Gasteiger partial charge >= 0.3 is 0 Å². The molecule has 3 unspecified atom stereocenters. The average molecular weight is 799 g/mol. The SMILES string of the molecule is [C-]#[N+]c1cc(Cl)cc(C(C)(C)c2ccc(OCc3ccnc(N4CC5CN(CC6CN(c7ccc8c(c7)C(=O)N(C7CCC(=O)NC7=O)C8=O)C6)CC5C4)n3)cc2)c1. The van der Waals surface area contributed by atoms with Crippen LogP contribution in [0.4, 0.5) is 17.3 Å². The van der Waals surface area contributed by atoms with Crippen LogP contribution in [0.25, 0.3) is 4.85 Å². The van der Waals surface area contributed by atoms with E-state index in [9.17, 15) is 19.2 Å². The molecule has 1 aromatic heterocycles. The number of carbonyl (C=O) groups excluding carboxylic acids is 4. The second kappa shape index (κ2) is 14.8. The fourth-order valence-electron chi connectivity index (χ4n) is 9.23. The normalized spacial score (nSPS) is 22.2. The topological polar surface area (TPSA) is 133 Å². The number of rotatable bonds is 10. The van der Waals surface area contributed by atoms with Crippen LogP contribution in [-0.2, 0) is 21.6 Å². The summed E-state index contributed by atoms with van der Waals surface area (Å²) in [6.07, 6.45) is 2.04. The zero-order valence-corrected chi connectivity index (χ0v) is 33.1. The van der Waals surface area contributed by atoms with Crippen molar-refractivity contribution in [2.24, 2.45) is 17.8 Å². The standard InChI is InChI=1S/C44H43ClN8O5/c1-44(2,30-14-31(45)16-33(15-30)46-3)29-4-7-35(8-5-29)58-25-32-12-13-47-43(48-32)52-23-27-21-50(22-28(27)24-52)18-26-19-51(20-26)34-6-9-36-37(17-34)42(57)53(41(36)56)38-10-11-39(54)49-40(38)55/h4-9,12-17,26-28,38H,10-11,18-25H2,1-2H3,(H,49,54,55). The van der Waals surface area contributed by atoms with Crippen molar-refractivity contribution < 1.29 is 23.9 Å². The number of fused-ring (bicyclic) bond motifs is 2. The molecule has 0 spiro atoms. The number of nitrogens with zero attached hydrogens (tertiary/aromatic N) is 7. The predicted octanol–water partition coefficient (Wildman–Crippen LogP) is 5.49. The number of amides is 4. The first kappa shape index (κ1) is 37.7. The van der Waals surface area contributed by atoms with Gasteiger partial charge < -0.3 is 19.4 Å². The summed E-state index contributed by atoms with van der Waals surface area (Å²) < 4.78 is 6.15. The minimum atomic E-state index is -0.967. The molecule has 58 heavy (non-hydrogen) atoms. The second-order valence-corrected chi connectivity index (χ2v) is 17.1. The van der Waals surface area contributed by atoms with Gasteiger partial charge in [0.2, 0.25) is 17.8 Å². The van der Waals surface area contributed by atoms with Crippen LogP contribution in [0.15, 0.2) is 72.9 Å². The largest absolute Gasteiger partial charge is 0.487 e. The van der Waals surface area contributed by atoms with Gasteiger partial charge in [0, 0.05) is 80.5 Å². The zero-order valence-electron chi connectivity index (χ0n) is 32.4. The first-order chi connectivity index (χ1) is 27.9. The molecule has 4 fully saturated rings. The number of piperidine rings is 1. The quantitative estimate of drug-likeness (QED) is 0.162. The van der Waals surface area contributed by atoms with Crippen LogP contribution in [0.3, 0.4) is 0 Å². The van der Waals surface area contributed by atoms with Crippen LogP contribution < -0.4 is 19.9 Å². The molecule has 3 aromatic carbocycles. The van der Waals surface area contributed by atoms with Gasteiger partial charge in [-0.2, -0.15) is 0 Å². The van der Waals surface area contributed by atoms with E-state index >= 15 is 0 Å². The fraction of sp³-hybridized carbons (Fsp3) is 0.386. The average Bonchev–Trinajstić information content (AvgIpc) is 3.85. The third-order valence-corrected chi connectivity index (χ3v) is 12.7. The first-order valence-corrected chi connectivity index (χ1v) is 20.1. The van der Waals surface area contributed by atoms with E-state index in [1.807, 2.05) is 36.4 Å². The molecule has 14 heteroatoms. The molecular formula is C44H43ClN8O5. The Hall–Kier alpha value is -5.84. The highest BCUT2D eigenvalue weighted by Crippen LogP contribution is 2.38. The van der Waals surface area contributed by atoms with Crippen LogP contribution in [0.5, 0.6) is 5.75 Å². The smallest absolute Gasteiger partial charge is 0.262 e. The van der Waals surface area contributed by atoms with Gasteiger partial charge in [0.25, 0.3) is 11.8 Å². The lowest BCUT2D eigenvalue weighted by molar-refractivity contribution is -0.136. The highest BCUT2D eigenvalue weighted by atomic mass is 35.5. The first-order valence-electron chi connectivity index (χ1n) is 19.7. The summed E-state index contributed by atoms with van der Waals surface area (Å²) in [5, 5.41) is 2.80.